The normalized spacial score (nSPS) is 10.6. The van der Waals surface area contributed by atoms with Gasteiger partial charge in [-0.1, -0.05) is 29.3 Å². The summed E-state index contributed by atoms with van der Waals surface area (Å²) < 4.78 is 0. The number of nitrogens with one attached hydrogen (secondary N) is 1. The highest BCUT2D eigenvalue weighted by Gasteiger charge is 2.09. The molecule has 1 heterocycles. The first-order valence-electron chi connectivity index (χ1n) is 6.86. The molecule has 3 heteroatoms. The summed E-state index contributed by atoms with van der Waals surface area (Å²) in [6.45, 7) is 3.99. The number of hydrogen-bond acceptors (Lipinski definition) is 2. The molecule has 0 radical (unpaired) electrons. The van der Waals surface area contributed by atoms with E-state index in [-0.39, 0.29) is 5.91 Å². The Balaban J connectivity index is 1.96. The highest BCUT2D eigenvalue weighted by atomic mass is 16.1. The average Bonchev–Trinajstić information content (AvgIpc) is 2.46. The van der Waals surface area contributed by atoms with Crippen LogP contribution in [0.5, 0.6) is 0 Å². The Hall–Kier alpha value is -2.68. The number of anilines is 1. The fourth-order valence-corrected chi connectivity index (χ4v) is 2.53. The molecular formula is C18H16N2O. The van der Waals surface area contributed by atoms with Gasteiger partial charge in [0.05, 0.1) is 0 Å². The molecule has 104 valence electrons. The van der Waals surface area contributed by atoms with E-state index in [1.165, 1.54) is 0 Å². The summed E-state index contributed by atoms with van der Waals surface area (Å²) in [7, 11) is 0. The maximum Gasteiger partial charge on any atom is 0.255 e. The first-order valence-corrected chi connectivity index (χ1v) is 6.86. The average molecular weight is 276 g/mol. The predicted molar refractivity (Wildman–Crippen MR) is 85.6 cm³/mol. The van der Waals surface area contributed by atoms with Gasteiger partial charge >= 0.3 is 0 Å². The van der Waals surface area contributed by atoms with Crippen LogP contribution in [-0.2, 0) is 0 Å². The summed E-state index contributed by atoms with van der Waals surface area (Å²) in [6.07, 6.45) is 3.52. The van der Waals surface area contributed by atoms with Gasteiger partial charge in [0, 0.05) is 34.4 Å². The van der Waals surface area contributed by atoms with Gasteiger partial charge in [0.25, 0.3) is 5.91 Å². The lowest BCUT2D eigenvalue weighted by atomic mass is 10.1. The van der Waals surface area contributed by atoms with Crippen LogP contribution in [0.4, 0.5) is 5.69 Å². The monoisotopic (exact) mass is 276 g/mol. The minimum Gasteiger partial charge on any atom is -0.321 e. The smallest absolute Gasteiger partial charge is 0.255 e. The van der Waals surface area contributed by atoms with Gasteiger partial charge in [-0.3, -0.25) is 9.78 Å². The molecule has 1 amide bonds. The first-order chi connectivity index (χ1) is 10.1. The molecule has 3 rings (SSSR count). The number of pyridine rings is 1. The van der Waals surface area contributed by atoms with Crippen molar-refractivity contribution in [3.8, 4) is 0 Å². The second kappa shape index (κ2) is 5.37. The number of aryl methyl sites for hydroxylation is 2. The molecule has 0 bridgehead atoms. The van der Waals surface area contributed by atoms with Gasteiger partial charge in [-0.25, -0.2) is 0 Å². The Kier molecular flexibility index (Phi) is 3.40. The molecule has 0 aliphatic rings. The van der Waals surface area contributed by atoms with Gasteiger partial charge in [-0.2, -0.15) is 0 Å². The number of fused-ring (bicyclic) bond motifs is 1. The Morgan fingerprint density at radius 3 is 2.57 bits per heavy atom. The summed E-state index contributed by atoms with van der Waals surface area (Å²) in [4.78, 5) is 16.5. The minimum atomic E-state index is -0.0916. The van der Waals surface area contributed by atoms with Crippen LogP contribution >= 0.6 is 0 Å². The van der Waals surface area contributed by atoms with Crippen molar-refractivity contribution < 1.29 is 4.79 Å². The fourth-order valence-electron chi connectivity index (χ4n) is 2.53. The lowest BCUT2D eigenvalue weighted by molar-refractivity contribution is 0.102. The molecule has 0 aliphatic carbocycles. The number of hydrogen-bond donors (Lipinski definition) is 1. The fraction of sp³-hybridized carbons (Fsp3) is 0.111. The van der Waals surface area contributed by atoms with E-state index in [0.717, 1.165) is 27.6 Å². The Bertz CT molecular complexity index is 799. The molecule has 3 aromatic rings. The van der Waals surface area contributed by atoms with E-state index in [4.69, 9.17) is 0 Å². The van der Waals surface area contributed by atoms with E-state index >= 15 is 0 Å². The number of amides is 1. The zero-order valence-corrected chi connectivity index (χ0v) is 12.1. The minimum absolute atomic E-state index is 0.0916. The van der Waals surface area contributed by atoms with E-state index < -0.39 is 0 Å². The van der Waals surface area contributed by atoms with Gasteiger partial charge in [-0.05, 0) is 38.1 Å². The summed E-state index contributed by atoms with van der Waals surface area (Å²) in [5.74, 6) is -0.0916. The topological polar surface area (TPSA) is 42.0 Å². The van der Waals surface area contributed by atoms with Crippen molar-refractivity contribution >= 4 is 22.4 Å². The third-order valence-electron chi connectivity index (χ3n) is 3.41. The van der Waals surface area contributed by atoms with Crippen LogP contribution in [0.15, 0.2) is 54.9 Å². The first kappa shape index (κ1) is 13.3. The second-order valence-electron chi connectivity index (χ2n) is 5.23. The molecule has 0 fully saturated rings. The van der Waals surface area contributed by atoms with Crippen molar-refractivity contribution in [2.24, 2.45) is 0 Å². The Morgan fingerprint density at radius 1 is 1.05 bits per heavy atom. The van der Waals surface area contributed by atoms with Crippen molar-refractivity contribution in [3.63, 3.8) is 0 Å². The molecule has 0 atom stereocenters. The lowest BCUT2D eigenvalue weighted by Gasteiger charge is -2.09. The molecule has 0 unspecified atom stereocenters. The Labute approximate surface area is 123 Å². The summed E-state index contributed by atoms with van der Waals surface area (Å²) in [5, 5.41) is 4.99. The van der Waals surface area contributed by atoms with Crippen LogP contribution in [0, 0.1) is 13.8 Å². The molecule has 0 aliphatic heterocycles. The SMILES string of the molecule is Cc1cc(C)cc(C(=O)Nc2cccc3cnccc23)c1. The van der Waals surface area contributed by atoms with E-state index in [1.54, 1.807) is 12.4 Å². The number of nitrogens with zero attached hydrogens (tertiary/aromatic N) is 1. The summed E-state index contributed by atoms with van der Waals surface area (Å²) in [5.41, 5.74) is 3.65. The zero-order valence-electron chi connectivity index (χ0n) is 12.1. The molecule has 1 aromatic heterocycles. The van der Waals surface area contributed by atoms with Crippen molar-refractivity contribution in [1.29, 1.82) is 0 Å². The van der Waals surface area contributed by atoms with Gasteiger partial charge in [0.1, 0.15) is 0 Å². The summed E-state index contributed by atoms with van der Waals surface area (Å²) >= 11 is 0. The molecule has 1 N–H and O–H groups in total. The molecule has 0 saturated carbocycles. The van der Waals surface area contributed by atoms with Gasteiger partial charge in [0.2, 0.25) is 0 Å². The maximum absolute atomic E-state index is 12.4. The third kappa shape index (κ3) is 2.77. The molecule has 0 saturated heterocycles. The Morgan fingerprint density at radius 2 is 1.81 bits per heavy atom. The van der Waals surface area contributed by atoms with E-state index in [0.29, 0.717) is 5.56 Å². The maximum atomic E-state index is 12.4. The zero-order chi connectivity index (χ0) is 14.8. The number of carbonyl (C=O) groups is 1. The molecule has 21 heavy (non-hydrogen) atoms. The highest BCUT2D eigenvalue weighted by Crippen LogP contribution is 2.23. The number of rotatable bonds is 2. The quantitative estimate of drug-likeness (QED) is 0.765. The molecular weight excluding hydrogens is 260 g/mol. The van der Waals surface area contributed by atoms with Gasteiger partial charge in [-0.15, -0.1) is 0 Å². The third-order valence-corrected chi connectivity index (χ3v) is 3.41. The van der Waals surface area contributed by atoms with Crippen molar-refractivity contribution in [2.45, 2.75) is 13.8 Å². The van der Waals surface area contributed by atoms with Crippen LogP contribution in [0.3, 0.4) is 0 Å². The largest absolute Gasteiger partial charge is 0.321 e. The van der Waals surface area contributed by atoms with Crippen LogP contribution < -0.4 is 5.32 Å². The van der Waals surface area contributed by atoms with Crippen LogP contribution in [0.2, 0.25) is 0 Å². The standard InChI is InChI=1S/C18H16N2O/c1-12-8-13(2)10-15(9-12)18(21)20-17-5-3-4-14-11-19-7-6-16(14)17/h3-11H,1-2H3,(H,20,21). The van der Waals surface area contributed by atoms with Crippen LogP contribution in [-0.4, -0.2) is 10.9 Å². The van der Waals surface area contributed by atoms with Crippen molar-refractivity contribution in [2.75, 3.05) is 5.32 Å². The molecule has 0 spiro atoms. The van der Waals surface area contributed by atoms with Gasteiger partial charge < -0.3 is 5.32 Å². The van der Waals surface area contributed by atoms with E-state index in [1.807, 2.05) is 50.2 Å². The number of benzene rings is 2. The number of carbonyl (C=O) groups excluding carboxylic acids is 1. The van der Waals surface area contributed by atoms with Gasteiger partial charge in [0.15, 0.2) is 0 Å². The van der Waals surface area contributed by atoms with E-state index in [2.05, 4.69) is 16.4 Å². The van der Waals surface area contributed by atoms with E-state index in [9.17, 15) is 4.79 Å². The van der Waals surface area contributed by atoms with Crippen molar-refractivity contribution in [1.82, 2.24) is 4.98 Å². The van der Waals surface area contributed by atoms with Crippen LogP contribution in [0.25, 0.3) is 10.8 Å². The number of aromatic nitrogens is 1. The van der Waals surface area contributed by atoms with Crippen molar-refractivity contribution in [3.05, 3.63) is 71.5 Å². The second-order valence-corrected chi connectivity index (χ2v) is 5.23. The highest BCUT2D eigenvalue weighted by molar-refractivity contribution is 6.09. The summed E-state index contributed by atoms with van der Waals surface area (Å²) in [6, 6.07) is 13.6. The lowest BCUT2D eigenvalue weighted by Crippen LogP contribution is -2.12. The predicted octanol–water partition coefficient (Wildman–Crippen LogP) is 4.10. The molecule has 3 nitrogen and oxygen atoms in total. The van der Waals surface area contributed by atoms with Crippen LogP contribution in [0.1, 0.15) is 21.5 Å². The molecule has 2 aromatic carbocycles.